The van der Waals surface area contributed by atoms with Gasteiger partial charge in [-0.15, -0.1) is 0 Å². The zero-order valence-corrected chi connectivity index (χ0v) is 10.3. The van der Waals surface area contributed by atoms with E-state index in [0.717, 1.165) is 19.3 Å². The van der Waals surface area contributed by atoms with Gasteiger partial charge >= 0.3 is 6.18 Å². The van der Waals surface area contributed by atoms with Crippen LogP contribution in [0.4, 0.5) is 24.5 Å². The van der Waals surface area contributed by atoms with Gasteiger partial charge in [0, 0.05) is 31.5 Å². The summed E-state index contributed by atoms with van der Waals surface area (Å²) in [6, 6.07) is 4.45. The smallest absolute Gasteiger partial charge is 0.388 e. The molecule has 0 saturated carbocycles. The maximum absolute atomic E-state index is 13.1. The van der Waals surface area contributed by atoms with Gasteiger partial charge in [0.1, 0.15) is 0 Å². The molecule has 2 rings (SSSR count). The lowest BCUT2D eigenvalue weighted by molar-refractivity contribution is -0.137. The summed E-state index contributed by atoms with van der Waals surface area (Å²) in [4.78, 5) is 1.84. The third-order valence-corrected chi connectivity index (χ3v) is 3.29. The highest BCUT2D eigenvalue weighted by Crippen LogP contribution is 2.38. The fourth-order valence-electron chi connectivity index (χ4n) is 2.33. The number of rotatable bonds is 2. The van der Waals surface area contributed by atoms with Crippen LogP contribution in [0.2, 0.25) is 0 Å². The van der Waals surface area contributed by atoms with Gasteiger partial charge in [-0.1, -0.05) is 0 Å². The molecule has 2 nitrogen and oxygen atoms in total. The van der Waals surface area contributed by atoms with Gasteiger partial charge in [0.2, 0.25) is 0 Å². The highest BCUT2D eigenvalue weighted by molar-refractivity contribution is 5.62. The Morgan fingerprint density at radius 1 is 1.11 bits per heavy atom. The van der Waals surface area contributed by atoms with Crippen molar-refractivity contribution in [1.29, 1.82) is 0 Å². The van der Waals surface area contributed by atoms with E-state index in [2.05, 4.69) is 5.32 Å². The zero-order chi connectivity index (χ0) is 13.2. The van der Waals surface area contributed by atoms with E-state index >= 15 is 0 Å². The maximum Gasteiger partial charge on any atom is 0.418 e. The van der Waals surface area contributed by atoms with E-state index in [1.807, 2.05) is 4.90 Å². The predicted molar refractivity (Wildman–Crippen MR) is 67.1 cm³/mol. The lowest BCUT2D eigenvalue weighted by Crippen LogP contribution is -2.31. The van der Waals surface area contributed by atoms with Gasteiger partial charge < -0.3 is 10.2 Å². The maximum atomic E-state index is 13.1. The van der Waals surface area contributed by atoms with Crippen LogP contribution in [0.3, 0.4) is 0 Å². The summed E-state index contributed by atoms with van der Waals surface area (Å²) < 4.78 is 39.2. The lowest BCUT2D eigenvalue weighted by atomic mass is 10.1. The number of hydrogen-bond acceptors (Lipinski definition) is 2. The first-order chi connectivity index (χ1) is 8.52. The average Bonchev–Trinajstić information content (AvgIpc) is 2.38. The largest absolute Gasteiger partial charge is 0.418 e. The summed E-state index contributed by atoms with van der Waals surface area (Å²) in [5.41, 5.74) is 0.250. The monoisotopic (exact) mass is 258 g/mol. The zero-order valence-electron chi connectivity index (χ0n) is 10.3. The molecule has 0 aliphatic carbocycles. The van der Waals surface area contributed by atoms with Crippen LogP contribution >= 0.6 is 0 Å². The van der Waals surface area contributed by atoms with Gasteiger partial charge in [0.15, 0.2) is 0 Å². The van der Waals surface area contributed by atoms with Gasteiger partial charge in [-0.25, -0.2) is 0 Å². The molecule has 0 radical (unpaired) electrons. The van der Waals surface area contributed by atoms with Crippen molar-refractivity contribution in [2.45, 2.75) is 25.4 Å². The highest BCUT2D eigenvalue weighted by Gasteiger charge is 2.35. The minimum absolute atomic E-state index is 0.307. The molecule has 0 spiro atoms. The van der Waals surface area contributed by atoms with Crippen LogP contribution in [-0.4, -0.2) is 20.1 Å². The molecule has 0 unspecified atom stereocenters. The third-order valence-electron chi connectivity index (χ3n) is 3.29. The second-order valence-corrected chi connectivity index (χ2v) is 4.53. The Morgan fingerprint density at radius 3 is 2.33 bits per heavy atom. The minimum atomic E-state index is -4.31. The molecule has 100 valence electrons. The normalized spacial score (nSPS) is 16.8. The second-order valence-electron chi connectivity index (χ2n) is 4.53. The van der Waals surface area contributed by atoms with Crippen molar-refractivity contribution in [2.75, 3.05) is 30.4 Å². The van der Waals surface area contributed by atoms with E-state index in [9.17, 15) is 13.2 Å². The van der Waals surface area contributed by atoms with E-state index in [1.54, 1.807) is 19.2 Å². The van der Waals surface area contributed by atoms with Gasteiger partial charge in [-0.05, 0) is 37.5 Å². The van der Waals surface area contributed by atoms with E-state index in [0.29, 0.717) is 24.5 Å². The predicted octanol–water partition coefficient (Wildman–Crippen LogP) is 3.74. The number of halogens is 3. The molecule has 1 N–H and O–H groups in total. The molecule has 1 aliphatic rings. The summed E-state index contributed by atoms with van der Waals surface area (Å²) in [6.45, 7) is 1.42. The van der Waals surface area contributed by atoms with Gasteiger partial charge in [-0.3, -0.25) is 0 Å². The van der Waals surface area contributed by atoms with Crippen molar-refractivity contribution < 1.29 is 13.2 Å². The number of anilines is 2. The lowest BCUT2D eigenvalue weighted by Gasteiger charge is -2.31. The molecule has 1 saturated heterocycles. The van der Waals surface area contributed by atoms with Crippen LogP contribution < -0.4 is 10.2 Å². The first-order valence-electron chi connectivity index (χ1n) is 6.16. The topological polar surface area (TPSA) is 15.3 Å². The molecule has 1 heterocycles. The molecule has 1 aromatic rings. The Bertz CT molecular complexity index is 409. The first-order valence-corrected chi connectivity index (χ1v) is 6.16. The summed E-state index contributed by atoms with van der Waals surface area (Å²) in [5, 5.41) is 2.75. The van der Waals surface area contributed by atoms with Crippen LogP contribution in [0, 0.1) is 0 Å². The molecule has 1 aliphatic heterocycles. The van der Waals surface area contributed by atoms with Gasteiger partial charge in [0.05, 0.1) is 5.56 Å². The van der Waals surface area contributed by atoms with Gasteiger partial charge in [0.25, 0.3) is 0 Å². The quantitative estimate of drug-likeness (QED) is 0.869. The molecule has 0 bridgehead atoms. The molecule has 18 heavy (non-hydrogen) atoms. The molecule has 0 amide bonds. The number of piperidine rings is 1. The Morgan fingerprint density at radius 2 is 1.78 bits per heavy atom. The van der Waals surface area contributed by atoms with Crippen molar-refractivity contribution in [3.63, 3.8) is 0 Å². The van der Waals surface area contributed by atoms with Crippen molar-refractivity contribution in [3.05, 3.63) is 23.8 Å². The van der Waals surface area contributed by atoms with Gasteiger partial charge in [-0.2, -0.15) is 13.2 Å². The molecule has 0 atom stereocenters. The van der Waals surface area contributed by atoms with E-state index < -0.39 is 11.7 Å². The Balaban J connectivity index is 2.38. The Hall–Kier alpha value is -1.39. The SMILES string of the molecule is CNc1ccc(N2CCCCC2)c(C(F)(F)F)c1. The fourth-order valence-corrected chi connectivity index (χ4v) is 2.33. The molecular weight excluding hydrogens is 241 g/mol. The number of nitrogens with zero attached hydrogens (tertiary/aromatic N) is 1. The number of hydrogen-bond donors (Lipinski definition) is 1. The van der Waals surface area contributed by atoms with Crippen LogP contribution in [0.25, 0.3) is 0 Å². The van der Waals surface area contributed by atoms with E-state index in [-0.39, 0.29) is 0 Å². The first kappa shape index (κ1) is 13.1. The molecule has 1 fully saturated rings. The standard InChI is InChI=1S/C13H17F3N2/c1-17-10-5-6-12(11(9-10)13(14,15)16)18-7-3-2-4-8-18/h5-6,9,17H,2-4,7-8H2,1H3. The van der Waals surface area contributed by atoms with Crippen LogP contribution in [-0.2, 0) is 6.18 Å². The van der Waals surface area contributed by atoms with Crippen molar-refractivity contribution in [3.8, 4) is 0 Å². The molecule has 0 aromatic heterocycles. The van der Waals surface area contributed by atoms with Crippen molar-refractivity contribution in [2.24, 2.45) is 0 Å². The summed E-state index contributed by atoms with van der Waals surface area (Å²) in [6.07, 6.45) is -1.28. The number of benzene rings is 1. The van der Waals surface area contributed by atoms with Crippen molar-refractivity contribution in [1.82, 2.24) is 0 Å². The van der Waals surface area contributed by atoms with Crippen LogP contribution in [0.1, 0.15) is 24.8 Å². The molecular formula is C13H17F3N2. The summed E-state index contributed by atoms with van der Waals surface area (Å²) >= 11 is 0. The average molecular weight is 258 g/mol. The van der Waals surface area contributed by atoms with Crippen molar-refractivity contribution >= 4 is 11.4 Å². The summed E-state index contributed by atoms with van der Waals surface area (Å²) in [5.74, 6) is 0. The van der Waals surface area contributed by atoms with E-state index in [4.69, 9.17) is 0 Å². The Labute approximate surface area is 105 Å². The molecule has 5 heteroatoms. The Kier molecular flexibility index (Phi) is 3.68. The third kappa shape index (κ3) is 2.71. The minimum Gasteiger partial charge on any atom is -0.388 e. The second kappa shape index (κ2) is 5.08. The summed E-state index contributed by atoms with van der Waals surface area (Å²) in [7, 11) is 1.62. The van der Waals surface area contributed by atoms with E-state index in [1.165, 1.54) is 6.07 Å². The number of alkyl halides is 3. The van der Waals surface area contributed by atoms with Crippen LogP contribution in [0.15, 0.2) is 18.2 Å². The highest BCUT2D eigenvalue weighted by atomic mass is 19.4. The number of nitrogens with one attached hydrogen (secondary N) is 1. The van der Waals surface area contributed by atoms with Crippen LogP contribution in [0.5, 0.6) is 0 Å². The molecule has 1 aromatic carbocycles. The fraction of sp³-hybridized carbons (Fsp3) is 0.538.